The van der Waals surface area contributed by atoms with Crippen LogP contribution < -0.4 is 0 Å². The Balaban J connectivity index is 1.86. The summed E-state index contributed by atoms with van der Waals surface area (Å²) in [6.07, 6.45) is 7.25. The number of benzene rings is 1. The lowest BCUT2D eigenvalue weighted by Gasteiger charge is -2.26. The molecule has 7 heteroatoms. The molecule has 0 aromatic heterocycles. The summed E-state index contributed by atoms with van der Waals surface area (Å²) in [6.45, 7) is 3.39. The Morgan fingerprint density at radius 3 is 2.32 bits per heavy atom. The second-order valence-electron chi connectivity index (χ2n) is 7.44. The fourth-order valence-electron chi connectivity index (χ4n) is 3.61. The van der Waals surface area contributed by atoms with Crippen molar-refractivity contribution in [3.63, 3.8) is 0 Å². The van der Waals surface area contributed by atoms with Crippen LogP contribution in [0.2, 0.25) is 0 Å². The van der Waals surface area contributed by atoms with E-state index in [4.69, 9.17) is 39.6 Å². The van der Waals surface area contributed by atoms with Crippen molar-refractivity contribution < 1.29 is 33.2 Å². The van der Waals surface area contributed by atoms with Gasteiger partial charge in [-0.25, -0.2) is 0 Å². The van der Waals surface area contributed by atoms with Crippen molar-refractivity contribution in [1.29, 1.82) is 0 Å². The van der Waals surface area contributed by atoms with E-state index in [2.05, 4.69) is 5.92 Å². The lowest BCUT2D eigenvalue weighted by atomic mass is 9.91. The molecule has 0 heterocycles. The number of ether oxygens (including phenoxy) is 7. The maximum atomic E-state index is 6.05. The highest BCUT2D eigenvalue weighted by Crippen LogP contribution is 2.37. The molecule has 2 rings (SSSR count). The van der Waals surface area contributed by atoms with Gasteiger partial charge in [0.25, 0.3) is 0 Å². The summed E-state index contributed by atoms with van der Waals surface area (Å²) in [7, 11) is 3.28. The molecule has 4 atom stereocenters. The average Bonchev–Trinajstić information content (AvgIpc) is 3.21. The molecular weight excluding hydrogens is 400 g/mol. The molecule has 0 aliphatic heterocycles. The Hall–Kier alpha value is -1.50. The Kier molecular flexibility index (Phi) is 13.4. The fraction of sp³-hybridized carbons (Fsp3) is 0.667. The number of terminal acetylenes is 1. The van der Waals surface area contributed by atoms with Crippen molar-refractivity contribution in [2.75, 3.05) is 60.8 Å². The highest BCUT2D eigenvalue weighted by molar-refractivity contribution is 5.13. The molecule has 0 N–H and O–H groups in total. The van der Waals surface area contributed by atoms with Crippen LogP contribution in [0.3, 0.4) is 0 Å². The van der Waals surface area contributed by atoms with Crippen LogP contribution in [0.5, 0.6) is 0 Å². The molecule has 0 bridgehead atoms. The SMILES string of the molecule is C#C[C@@H]1C[C@H](OCOCCOC)C[C@H]1[C@@H](COCc1ccccc1)OCOCCOC. The first-order chi connectivity index (χ1) is 15.3. The van der Waals surface area contributed by atoms with E-state index in [1.165, 1.54) is 0 Å². The Morgan fingerprint density at radius 2 is 1.65 bits per heavy atom. The molecule has 7 nitrogen and oxygen atoms in total. The number of methoxy groups -OCH3 is 2. The lowest BCUT2D eigenvalue weighted by Crippen LogP contribution is -2.32. The molecule has 174 valence electrons. The molecule has 1 aliphatic rings. The minimum absolute atomic E-state index is 0.0308. The predicted molar refractivity (Wildman–Crippen MR) is 116 cm³/mol. The van der Waals surface area contributed by atoms with E-state index in [0.29, 0.717) is 39.6 Å². The fourth-order valence-corrected chi connectivity index (χ4v) is 3.61. The second kappa shape index (κ2) is 16.2. The second-order valence-corrected chi connectivity index (χ2v) is 7.44. The van der Waals surface area contributed by atoms with Crippen molar-refractivity contribution in [1.82, 2.24) is 0 Å². The lowest BCUT2D eigenvalue weighted by molar-refractivity contribution is -0.139. The van der Waals surface area contributed by atoms with Crippen LogP contribution in [0.4, 0.5) is 0 Å². The summed E-state index contributed by atoms with van der Waals surface area (Å²) in [6, 6.07) is 10.1. The van der Waals surface area contributed by atoms with E-state index in [0.717, 1.165) is 18.4 Å². The van der Waals surface area contributed by atoms with Crippen molar-refractivity contribution >= 4 is 0 Å². The molecule has 1 aromatic carbocycles. The molecule has 0 amide bonds. The number of rotatable bonds is 17. The summed E-state index contributed by atoms with van der Waals surface area (Å²) in [5.41, 5.74) is 1.12. The Bertz CT molecular complexity index is 604. The normalized spacial score (nSPS) is 21.8. The Labute approximate surface area is 186 Å². The van der Waals surface area contributed by atoms with Gasteiger partial charge in [0.15, 0.2) is 0 Å². The van der Waals surface area contributed by atoms with Gasteiger partial charge in [-0.1, -0.05) is 30.3 Å². The van der Waals surface area contributed by atoms with Gasteiger partial charge in [-0.2, -0.15) is 0 Å². The molecule has 0 saturated heterocycles. The van der Waals surface area contributed by atoms with E-state index in [1.807, 2.05) is 30.3 Å². The van der Waals surface area contributed by atoms with E-state index >= 15 is 0 Å². The van der Waals surface area contributed by atoms with E-state index in [9.17, 15) is 0 Å². The molecule has 1 saturated carbocycles. The third-order valence-electron chi connectivity index (χ3n) is 5.27. The van der Waals surface area contributed by atoms with Gasteiger partial charge >= 0.3 is 0 Å². The van der Waals surface area contributed by atoms with E-state index in [1.54, 1.807) is 14.2 Å². The average molecular weight is 437 g/mol. The minimum Gasteiger partial charge on any atom is -0.382 e. The first-order valence-corrected chi connectivity index (χ1v) is 10.7. The van der Waals surface area contributed by atoms with Gasteiger partial charge in [0.1, 0.15) is 13.6 Å². The summed E-state index contributed by atoms with van der Waals surface area (Å²) >= 11 is 0. The maximum Gasteiger partial charge on any atom is 0.147 e. The molecule has 1 fully saturated rings. The summed E-state index contributed by atoms with van der Waals surface area (Å²) < 4.78 is 38.8. The van der Waals surface area contributed by atoms with Gasteiger partial charge in [0.05, 0.1) is 51.8 Å². The summed E-state index contributed by atoms with van der Waals surface area (Å²) in [4.78, 5) is 0. The standard InChI is InChI=1S/C24H36O7/c1-4-21-14-22(30-18-27-12-10-25-2)15-23(21)24(31-19-28-13-11-26-3)17-29-16-20-8-6-5-7-9-20/h1,5-9,21-24H,10-19H2,2-3H3/t21-,22+,23-,24-/m1/s1. The van der Waals surface area contributed by atoms with Crippen molar-refractivity contribution in [2.24, 2.45) is 11.8 Å². The molecule has 31 heavy (non-hydrogen) atoms. The van der Waals surface area contributed by atoms with Gasteiger partial charge in [-0.3, -0.25) is 0 Å². The third kappa shape index (κ3) is 10.1. The Morgan fingerprint density at radius 1 is 0.935 bits per heavy atom. The van der Waals surface area contributed by atoms with Crippen LogP contribution >= 0.6 is 0 Å². The highest BCUT2D eigenvalue weighted by atomic mass is 16.7. The first-order valence-electron chi connectivity index (χ1n) is 10.7. The van der Waals surface area contributed by atoms with Gasteiger partial charge in [0.2, 0.25) is 0 Å². The van der Waals surface area contributed by atoms with E-state index in [-0.39, 0.29) is 37.6 Å². The van der Waals surface area contributed by atoms with Gasteiger partial charge in [-0.15, -0.1) is 12.3 Å². The van der Waals surface area contributed by atoms with E-state index < -0.39 is 0 Å². The minimum atomic E-state index is -0.185. The topological polar surface area (TPSA) is 64.6 Å². The van der Waals surface area contributed by atoms with Crippen LogP contribution in [-0.2, 0) is 39.8 Å². The van der Waals surface area contributed by atoms with Crippen LogP contribution in [0.1, 0.15) is 18.4 Å². The zero-order valence-electron chi connectivity index (χ0n) is 18.7. The van der Waals surface area contributed by atoms with Crippen LogP contribution in [0.25, 0.3) is 0 Å². The molecule has 1 aliphatic carbocycles. The smallest absolute Gasteiger partial charge is 0.147 e. The van der Waals surface area contributed by atoms with Gasteiger partial charge < -0.3 is 33.2 Å². The quantitative estimate of drug-likeness (QED) is 0.211. The van der Waals surface area contributed by atoms with Crippen LogP contribution in [-0.4, -0.2) is 73.0 Å². The molecule has 0 radical (unpaired) electrons. The number of hydrogen-bond donors (Lipinski definition) is 0. The highest BCUT2D eigenvalue weighted by Gasteiger charge is 2.39. The van der Waals surface area contributed by atoms with Gasteiger partial charge in [-0.05, 0) is 18.4 Å². The first kappa shape index (κ1) is 25.8. The maximum absolute atomic E-state index is 6.05. The molecule has 0 unspecified atom stereocenters. The number of hydrogen-bond acceptors (Lipinski definition) is 7. The molecule has 1 aromatic rings. The predicted octanol–water partition coefficient (Wildman–Crippen LogP) is 2.87. The van der Waals surface area contributed by atoms with Crippen molar-refractivity contribution in [3.05, 3.63) is 35.9 Å². The largest absolute Gasteiger partial charge is 0.382 e. The van der Waals surface area contributed by atoms with Crippen molar-refractivity contribution in [2.45, 2.75) is 31.7 Å². The van der Waals surface area contributed by atoms with Crippen molar-refractivity contribution in [3.8, 4) is 12.3 Å². The van der Waals surface area contributed by atoms with Crippen LogP contribution in [0, 0.1) is 24.2 Å². The summed E-state index contributed by atoms with van der Waals surface area (Å²) in [5, 5.41) is 0. The third-order valence-corrected chi connectivity index (χ3v) is 5.27. The monoisotopic (exact) mass is 436 g/mol. The zero-order valence-corrected chi connectivity index (χ0v) is 18.7. The summed E-state index contributed by atoms with van der Waals surface area (Å²) in [5.74, 6) is 3.09. The van der Waals surface area contributed by atoms with Gasteiger partial charge in [0, 0.05) is 26.1 Å². The zero-order chi connectivity index (χ0) is 22.2. The molecule has 0 spiro atoms. The van der Waals surface area contributed by atoms with Crippen LogP contribution in [0.15, 0.2) is 30.3 Å². The molecular formula is C24H36O7.